The maximum absolute atomic E-state index is 11.9. The Morgan fingerprint density at radius 2 is 1.90 bits per heavy atom. The molecule has 1 aliphatic carbocycles. The molecule has 1 fully saturated rings. The molecule has 1 aromatic rings. The number of nitrogens with one attached hydrogen (secondary N) is 1. The molecule has 1 aliphatic rings. The van der Waals surface area contributed by atoms with Crippen LogP contribution in [0.5, 0.6) is 0 Å². The van der Waals surface area contributed by atoms with Gasteiger partial charge in [-0.25, -0.2) is 8.42 Å². The highest BCUT2D eigenvalue weighted by atomic mass is 32.2. The van der Waals surface area contributed by atoms with E-state index in [0.717, 1.165) is 5.56 Å². The molecule has 20 heavy (non-hydrogen) atoms. The van der Waals surface area contributed by atoms with Crippen molar-refractivity contribution < 1.29 is 13.2 Å². The number of benzene rings is 1. The second kappa shape index (κ2) is 5.93. The maximum Gasteiger partial charge on any atom is 0.240 e. The first-order valence-electron chi connectivity index (χ1n) is 6.73. The van der Waals surface area contributed by atoms with Crippen LogP contribution in [0.1, 0.15) is 24.8 Å². The van der Waals surface area contributed by atoms with Crippen LogP contribution < -0.4 is 11.1 Å². The van der Waals surface area contributed by atoms with E-state index in [1.165, 1.54) is 0 Å². The summed E-state index contributed by atoms with van der Waals surface area (Å²) in [5.41, 5.74) is 5.83. The van der Waals surface area contributed by atoms with Crippen molar-refractivity contribution in [2.75, 3.05) is 12.3 Å². The van der Waals surface area contributed by atoms with Crippen LogP contribution in [0.25, 0.3) is 0 Å². The number of hydrogen-bond acceptors (Lipinski definition) is 4. The molecular formula is C14H20N2O3S. The molecule has 1 amide bonds. The summed E-state index contributed by atoms with van der Waals surface area (Å²) in [6.07, 6.45) is 1.84. The fourth-order valence-electron chi connectivity index (χ4n) is 1.93. The molecule has 6 heteroatoms. The second-order valence-electron chi connectivity index (χ2n) is 5.34. The van der Waals surface area contributed by atoms with E-state index in [4.69, 9.17) is 5.73 Å². The molecule has 2 rings (SSSR count). The van der Waals surface area contributed by atoms with Crippen LogP contribution in [-0.4, -0.2) is 32.2 Å². The third-order valence-electron chi connectivity index (χ3n) is 3.39. The van der Waals surface area contributed by atoms with Crippen LogP contribution in [-0.2, 0) is 20.4 Å². The van der Waals surface area contributed by atoms with Crippen molar-refractivity contribution in [1.29, 1.82) is 0 Å². The number of sulfone groups is 1. The van der Waals surface area contributed by atoms with Crippen LogP contribution >= 0.6 is 0 Å². The van der Waals surface area contributed by atoms with Gasteiger partial charge in [-0.2, -0.15) is 0 Å². The highest BCUT2D eigenvalue weighted by Crippen LogP contribution is 2.31. The van der Waals surface area contributed by atoms with Crippen molar-refractivity contribution in [3.8, 4) is 0 Å². The number of nitrogens with two attached hydrogens (primary N) is 1. The van der Waals surface area contributed by atoms with Crippen molar-refractivity contribution in [2.45, 2.75) is 30.6 Å². The highest BCUT2D eigenvalue weighted by molar-refractivity contribution is 7.90. The van der Waals surface area contributed by atoms with E-state index in [-0.39, 0.29) is 17.4 Å². The molecule has 5 nitrogen and oxygen atoms in total. The van der Waals surface area contributed by atoms with Gasteiger partial charge in [0.1, 0.15) is 0 Å². The van der Waals surface area contributed by atoms with E-state index in [0.29, 0.717) is 25.8 Å². The zero-order valence-electron chi connectivity index (χ0n) is 11.3. The number of amides is 1. The van der Waals surface area contributed by atoms with Crippen LogP contribution in [0.2, 0.25) is 0 Å². The molecule has 0 aliphatic heterocycles. The van der Waals surface area contributed by atoms with Gasteiger partial charge in [-0.3, -0.25) is 4.79 Å². The summed E-state index contributed by atoms with van der Waals surface area (Å²) in [6, 6.07) is 9.09. The van der Waals surface area contributed by atoms with Gasteiger partial charge in [0, 0.05) is 6.54 Å². The Kier molecular flexibility index (Phi) is 4.45. The minimum Gasteiger partial charge on any atom is -0.354 e. The number of carbonyl (C=O) groups is 1. The first-order valence-corrected chi connectivity index (χ1v) is 8.55. The summed E-state index contributed by atoms with van der Waals surface area (Å²) in [5, 5.41) is 2.69. The molecule has 0 saturated heterocycles. The fourth-order valence-corrected chi connectivity index (χ4v) is 3.36. The van der Waals surface area contributed by atoms with Crippen molar-refractivity contribution >= 4 is 15.7 Å². The van der Waals surface area contributed by atoms with Gasteiger partial charge in [0.05, 0.1) is 17.0 Å². The fraction of sp³-hybridized carbons (Fsp3) is 0.500. The predicted molar refractivity (Wildman–Crippen MR) is 77.7 cm³/mol. The topological polar surface area (TPSA) is 89.3 Å². The van der Waals surface area contributed by atoms with E-state index >= 15 is 0 Å². The van der Waals surface area contributed by atoms with Gasteiger partial charge in [-0.1, -0.05) is 30.3 Å². The SMILES string of the molecule is NC1(C(=O)NCCCS(=O)(=O)Cc2ccccc2)CC1. The predicted octanol–water partition coefficient (Wildman–Crippen LogP) is 0.599. The van der Waals surface area contributed by atoms with Crippen LogP contribution in [0.4, 0.5) is 0 Å². The van der Waals surface area contributed by atoms with Gasteiger partial charge in [0.25, 0.3) is 0 Å². The summed E-state index contributed by atoms with van der Waals surface area (Å²) >= 11 is 0. The quantitative estimate of drug-likeness (QED) is 0.721. The molecule has 0 radical (unpaired) electrons. The van der Waals surface area contributed by atoms with Gasteiger partial charge in [-0.15, -0.1) is 0 Å². The molecule has 110 valence electrons. The largest absolute Gasteiger partial charge is 0.354 e. The Morgan fingerprint density at radius 1 is 1.25 bits per heavy atom. The smallest absolute Gasteiger partial charge is 0.240 e. The normalized spacial score (nSPS) is 16.6. The lowest BCUT2D eigenvalue weighted by atomic mass is 10.2. The number of hydrogen-bond donors (Lipinski definition) is 2. The Labute approximate surface area is 119 Å². The molecule has 1 saturated carbocycles. The third kappa shape index (κ3) is 4.31. The van der Waals surface area contributed by atoms with Crippen LogP contribution in [0.3, 0.4) is 0 Å². The van der Waals surface area contributed by atoms with E-state index in [2.05, 4.69) is 5.32 Å². The zero-order valence-corrected chi connectivity index (χ0v) is 12.2. The molecule has 1 aromatic carbocycles. The van der Waals surface area contributed by atoms with Gasteiger partial charge in [0.2, 0.25) is 5.91 Å². The van der Waals surface area contributed by atoms with Crippen LogP contribution in [0.15, 0.2) is 30.3 Å². The summed E-state index contributed by atoms with van der Waals surface area (Å²) in [7, 11) is -3.13. The Balaban J connectivity index is 1.71. The standard InChI is InChI=1S/C14H20N2O3S/c15-14(7-8-14)13(17)16-9-4-10-20(18,19)11-12-5-2-1-3-6-12/h1-3,5-6H,4,7-11,15H2,(H,16,17). The van der Waals surface area contributed by atoms with Crippen molar-refractivity contribution in [1.82, 2.24) is 5.32 Å². The highest BCUT2D eigenvalue weighted by Gasteiger charge is 2.45. The van der Waals surface area contributed by atoms with E-state index in [9.17, 15) is 13.2 Å². The Hall–Kier alpha value is -1.40. The van der Waals surface area contributed by atoms with E-state index < -0.39 is 15.4 Å². The molecular weight excluding hydrogens is 276 g/mol. The monoisotopic (exact) mass is 296 g/mol. The van der Waals surface area contributed by atoms with Gasteiger partial charge in [0.15, 0.2) is 9.84 Å². The molecule has 0 unspecified atom stereocenters. The average Bonchev–Trinajstić information content (AvgIpc) is 3.14. The summed E-state index contributed by atoms with van der Waals surface area (Å²) in [4.78, 5) is 11.6. The van der Waals surface area contributed by atoms with Gasteiger partial charge < -0.3 is 11.1 Å². The van der Waals surface area contributed by atoms with Crippen molar-refractivity contribution in [2.24, 2.45) is 5.73 Å². The number of rotatable bonds is 7. The Bertz CT molecular complexity index is 565. The van der Waals surface area contributed by atoms with Crippen LogP contribution in [0, 0.1) is 0 Å². The first-order chi connectivity index (χ1) is 9.41. The van der Waals surface area contributed by atoms with E-state index in [1.807, 2.05) is 18.2 Å². The zero-order chi connectivity index (χ0) is 14.6. The summed E-state index contributed by atoms with van der Waals surface area (Å²) < 4.78 is 23.8. The summed E-state index contributed by atoms with van der Waals surface area (Å²) in [6.45, 7) is 0.353. The minimum absolute atomic E-state index is 0.0443. The first kappa shape index (κ1) is 15.0. The average molecular weight is 296 g/mol. The third-order valence-corrected chi connectivity index (χ3v) is 5.07. The molecule has 0 aromatic heterocycles. The molecule has 3 N–H and O–H groups in total. The molecule has 0 atom stereocenters. The minimum atomic E-state index is -3.13. The van der Waals surface area contributed by atoms with Gasteiger partial charge >= 0.3 is 0 Å². The summed E-state index contributed by atoms with van der Waals surface area (Å²) in [5.74, 6) is -0.0551. The van der Waals surface area contributed by atoms with Crippen molar-refractivity contribution in [3.05, 3.63) is 35.9 Å². The molecule has 0 spiro atoms. The molecule has 0 heterocycles. The van der Waals surface area contributed by atoms with Gasteiger partial charge in [-0.05, 0) is 24.8 Å². The second-order valence-corrected chi connectivity index (χ2v) is 7.53. The van der Waals surface area contributed by atoms with Crippen molar-refractivity contribution in [3.63, 3.8) is 0 Å². The lowest BCUT2D eigenvalue weighted by molar-refractivity contribution is -0.123. The number of carbonyl (C=O) groups excluding carboxylic acids is 1. The Morgan fingerprint density at radius 3 is 2.50 bits per heavy atom. The lowest BCUT2D eigenvalue weighted by Crippen LogP contribution is -2.43. The maximum atomic E-state index is 11.9. The van der Waals surface area contributed by atoms with E-state index in [1.54, 1.807) is 12.1 Å². The lowest BCUT2D eigenvalue weighted by Gasteiger charge is -2.10. The molecule has 0 bridgehead atoms.